The number of ether oxygens (including phenoxy) is 1. The molecule has 1 N–H and O–H groups in total. The second-order valence-corrected chi connectivity index (χ2v) is 5.77. The maximum absolute atomic E-state index is 10.3. The highest BCUT2D eigenvalue weighted by Crippen LogP contribution is 2.37. The van der Waals surface area contributed by atoms with Gasteiger partial charge in [0.1, 0.15) is 12.4 Å². The van der Waals surface area contributed by atoms with Crippen LogP contribution in [0, 0.1) is 0 Å². The standard InChI is InChI=1S/C19H22O2/c20-18-12-6-4-10-16(18)17-11-5-7-13-19(17)21-14-15-8-2-1-3-9-15/h1-3,5,7-9,11,13,16,18,20H,4,6,10,12,14H2/t16-,18+/m1/s1. The normalized spacial score (nSPS) is 22.0. The Balaban J connectivity index is 1.76. The third kappa shape index (κ3) is 3.45. The van der Waals surface area contributed by atoms with Gasteiger partial charge in [0.2, 0.25) is 0 Å². The monoisotopic (exact) mass is 282 g/mol. The van der Waals surface area contributed by atoms with Crippen molar-refractivity contribution >= 4 is 0 Å². The second kappa shape index (κ2) is 6.77. The topological polar surface area (TPSA) is 29.5 Å². The summed E-state index contributed by atoms with van der Waals surface area (Å²) < 4.78 is 6.01. The van der Waals surface area contributed by atoms with Crippen molar-refractivity contribution in [1.82, 2.24) is 0 Å². The molecule has 0 amide bonds. The first-order valence-electron chi connectivity index (χ1n) is 7.78. The molecule has 1 fully saturated rings. The molecule has 0 aromatic heterocycles. The van der Waals surface area contributed by atoms with Gasteiger partial charge >= 0.3 is 0 Å². The van der Waals surface area contributed by atoms with Gasteiger partial charge in [-0.25, -0.2) is 0 Å². The quantitative estimate of drug-likeness (QED) is 0.906. The van der Waals surface area contributed by atoms with Gasteiger partial charge in [0, 0.05) is 5.92 Å². The maximum Gasteiger partial charge on any atom is 0.123 e. The van der Waals surface area contributed by atoms with Crippen molar-refractivity contribution in [2.45, 2.75) is 44.3 Å². The number of para-hydroxylation sites is 1. The van der Waals surface area contributed by atoms with Crippen molar-refractivity contribution in [2.75, 3.05) is 0 Å². The Hall–Kier alpha value is -1.80. The van der Waals surface area contributed by atoms with Gasteiger partial charge in [-0.2, -0.15) is 0 Å². The lowest BCUT2D eigenvalue weighted by molar-refractivity contribution is 0.104. The smallest absolute Gasteiger partial charge is 0.123 e. The van der Waals surface area contributed by atoms with Gasteiger partial charge in [-0.05, 0) is 30.0 Å². The van der Waals surface area contributed by atoms with Gasteiger partial charge in [0.25, 0.3) is 0 Å². The van der Waals surface area contributed by atoms with E-state index in [2.05, 4.69) is 18.2 Å². The van der Waals surface area contributed by atoms with Gasteiger partial charge in [0.15, 0.2) is 0 Å². The van der Waals surface area contributed by atoms with Gasteiger partial charge in [0.05, 0.1) is 6.10 Å². The average molecular weight is 282 g/mol. The van der Waals surface area contributed by atoms with E-state index < -0.39 is 0 Å². The van der Waals surface area contributed by atoms with E-state index in [9.17, 15) is 5.11 Å². The third-order valence-corrected chi connectivity index (χ3v) is 4.29. The highest BCUT2D eigenvalue weighted by molar-refractivity contribution is 5.37. The summed E-state index contributed by atoms with van der Waals surface area (Å²) in [6.07, 6.45) is 4.03. The molecule has 1 saturated carbocycles. The van der Waals surface area contributed by atoms with Crippen LogP contribution in [0.4, 0.5) is 0 Å². The molecule has 3 rings (SSSR count). The predicted octanol–water partition coefficient (Wildman–Crippen LogP) is 4.28. The first-order chi connectivity index (χ1) is 10.3. The zero-order valence-electron chi connectivity index (χ0n) is 12.2. The van der Waals surface area contributed by atoms with E-state index in [1.165, 1.54) is 6.42 Å². The van der Waals surface area contributed by atoms with Crippen LogP contribution < -0.4 is 4.74 Å². The van der Waals surface area contributed by atoms with Crippen molar-refractivity contribution in [3.8, 4) is 5.75 Å². The van der Waals surface area contributed by atoms with Crippen molar-refractivity contribution in [3.63, 3.8) is 0 Å². The minimum Gasteiger partial charge on any atom is -0.489 e. The number of aliphatic hydroxyl groups excluding tert-OH is 1. The zero-order chi connectivity index (χ0) is 14.5. The molecule has 1 aliphatic carbocycles. The summed E-state index contributed by atoms with van der Waals surface area (Å²) in [7, 11) is 0. The van der Waals surface area contributed by atoms with Crippen molar-refractivity contribution in [2.24, 2.45) is 0 Å². The highest BCUT2D eigenvalue weighted by atomic mass is 16.5. The minimum atomic E-state index is -0.236. The molecule has 0 radical (unpaired) electrons. The SMILES string of the molecule is O[C@H]1CCCC[C@@H]1c1ccccc1OCc1ccccc1. The predicted molar refractivity (Wildman–Crippen MR) is 84.4 cm³/mol. The molecule has 0 aliphatic heterocycles. The summed E-state index contributed by atoms with van der Waals surface area (Å²) in [6, 6.07) is 18.3. The van der Waals surface area contributed by atoms with Crippen LogP contribution in [0.1, 0.15) is 42.7 Å². The molecular formula is C19H22O2. The van der Waals surface area contributed by atoms with E-state index in [0.29, 0.717) is 6.61 Å². The first-order valence-corrected chi connectivity index (χ1v) is 7.78. The fourth-order valence-electron chi connectivity index (χ4n) is 3.13. The maximum atomic E-state index is 10.3. The van der Waals surface area contributed by atoms with Gasteiger partial charge in [-0.1, -0.05) is 61.4 Å². The van der Waals surface area contributed by atoms with Crippen molar-refractivity contribution in [3.05, 3.63) is 65.7 Å². The van der Waals surface area contributed by atoms with Crippen molar-refractivity contribution in [1.29, 1.82) is 0 Å². The van der Waals surface area contributed by atoms with E-state index >= 15 is 0 Å². The summed E-state index contributed by atoms with van der Waals surface area (Å²) in [6.45, 7) is 0.570. The Morgan fingerprint density at radius 3 is 2.43 bits per heavy atom. The van der Waals surface area contributed by atoms with E-state index in [1.54, 1.807) is 0 Å². The van der Waals surface area contributed by atoms with Crippen LogP contribution in [0.5, 0.6) is 5.75 Å². The summed E-state index contributed by atoms with van der Waals surface area (Å²) in [5, 5.41) is 10.3. The van der Waals surface area contributed by atoms with Gasteiger partial charge in [-0.15, -0.1) is 0 Å². The van der Waals surface area contributed by atoms with Crippen LogP contribution in [0.3, 0.4) is 0 Å². The summed E-state index contributed by atoms with van der Waals surface area (Å²) in [5.74, 6) is 1.12. The van der Waals surface area contributed by atoms with E-state index in [-0.39, 0.29) is 12.0 Å². The number of rotatable bonds is 4. The van der Waals surface area contributed by atoms with Crippen LogP contribution in [-0.4, -0.2) is 11.2 Å². The molecule has 1 aliphatic rings. The van der Waals surface area contributed by atoms with Gasteiger partial charge < -0.3 is 9.84 Å². The molecule has 110 valence electrons. The number of benzene rings is 2. The molecule has 0 saturated heterocycles. The van der Waals surface area contributed by atoms with Crippen LogP contribution in [0.15, 0.2) is 54.6 Å². The molecule has 0 heterocycles. The fourth-order valence-corrected chi connectivity index (χ4v) is 3.13. The van der Waals surface area contributed by atoms with Crippen LogP contribution in [-0.2, 0) is 6.61 Å². The Bertz CT molecular complexity index is 565. The van der Waals surface area contributed by atoms with E-state index in [4.69, 9.17) is 4.74 Å². The lowest BCUT2D eigenvalue weighted by Crippen LogP contribution is -2.23. The largest absolute Gasteiger partial charge is 0.489 e. The molecule has 2 aromatic carbocycles. The first kappa shape index (κ1) is 14.2. The number of aliphatic hydroxyl groups is 1. The van der Waals surface area contributed by atoms with Crippen LogP contribution >= 0.6 is 0 Å². The van der Waals surface area contributed by atoms with E-state index in [0.717, 1.165) is 36.1 Å². The number of hydrogen-bond donors (Lipinski definition) is 1. The van der Waals surface area contributed by atoms with E-state index in [1.807, 2.05) is 36.4 Å². The number of hydrogen-bond acceptors (Lipinski definition) is 2. The second-order valence-electron chi connectivity index (χ2n) is 5.77. The molecule has 2 nitrogen and oxygen atoms in total. The Labute approximate surface area is 126 Å². The van der Waals surface area contributed by atoms with Gasteiger partial charge in [-0.3, -0.25) is 0 Å². The molecule has 2 aromatic rings. The molecule has 2 atom stereocenters. The summed E-state index contributed by atoms with van der Waals surface area (Å²) >= 11 is 0. The van der Waals surface area contributed by atoms with Crippen LogP contribution in [0.25, 0.3) is 0 Å². The molecule has 0 bridgehead atoms. The lowest BCUT2D eigenvalue weighted by Gasteiger charge is -2.29. The zero-order valence-corrected chi connectivity index (χ0v) is 12.2. The minimum absolute atomic E-state index is 0.214. The average Bonchev–Trinajstić information content (AvgIpc) is 2.55. The highest BCUT2D eigenvalue weighted by Gasteiger charge is 2.26. The third-order valence-electron chi connectivity index (χ3n) is 4.29. The Morgan fingerprint density at radius 2 is 1.62 bits per heavy atom. The summed E-state index contributed by atoms with van der Waals surface area (Å²) in [5.41, 5.74) is 2.32. The molecule has 0 unspecified atom stereocenters. The Kier molecular flexibility index (Phi) is 4.56. The molecule has 21 heavy (non-hydrogen) atoms. The summed E-state index contributed by atoms with van der Waals surface area (Å²) in [4.78, 5) is 0. The molecule has 0 spiro atoms. The Morgan fingerprint density at radius 1 is 0.905 bits per heavy atom. The molecule has 2 heteroatoms. The lowest BCUT2D eigenvalue weighted by atomic mass is 9.81. The molecular weight excluding hydrogens is 260 g/mol. The fraction of sp³-hybridized carbons (Fsp3) is 0.368. The van der Waals surface area contributed by atoms with Crippen LogP contribution in [0.2, 0.25) is 0 Å². The van der Waals surface area contributed by atoms with Crippen molar-refractivity contribution < 1.29 is 9.84 Å².